The SMILES string of the molecule is Cc1ccsc1C(=O)Nc1ccc(C(=O)N2Cc3ccccc3Cc3cc(Cl)ccc32)cc1. The van der Waals surface area contributed by atoms with Crippen molar-refractivity contribution in [1.82, 2.24) is 0 Å². The summed E-state index contributed by atoms with van der Waals surface area (Å²) in [5.41, 5.74) is 6.36. The van der Waals surface area contributed by atoms with Gasteiger partial charge in [-0.3, -0.25) is 9.59 Å². The van der Waals surface area contributed by atoms with E-state index in [9.17, 15) is 9.59 Å². The Bertz CT molecular complexity index is 1360. The molecule has 0 saturated heterocycles. The molecule has 2 heterocycles. The second-order valence-electron chi connectivity index (χ2n) is 8.07. The fraction of sp³-hybridized carbons (Fsp3) is 0.111. The van der Waals surface area contributed by atoms with Crippen molar-refractivity contribution >= 4 is 46.1 Å². The van der Waals surface area contributed by atoms with E-state index < -0.39 is 0 Å². The molecule has 0 radical (unpaired) electrons. The molecule has 4 nitrogen and oxygen atoms in total. The molecule has 1 aliphatic rings. The van der Waals surface area contributed by atoms with Crippen molar-refractivity contribution in [2.45, 2.75) is 19.9 Å². The van der Waals surface area contributed by atoms with Gasteiger partial charge >= 0.3 is 0 Å². The van der Waals surface area contributed by atoms with Gasteiger partial charge in [0.15, 0.2) is 0 Å². The maximum absolute atomic E-state index is 13.6. The summed E-state index contributed by atoms with van der Waals surface area (Å²) in [6, 6.07) is 22.8. The Morgan fingerprint density at radius 3 is 2.42 bits per heavy atom. The lowest BCUT2D eigenvalue weighted by Gasteiger charge is -2.24. The summed E-state index contributed by atoms with van der Waals surface area (Å²) in [6.45, 7) is 2.40. The van der Waals surface area contributed by atoms with Gasteiger partial charge in [-0.05, 0) is 89.5 Å². The van der Waals surface area contributed by atoms with Crippen LogP contribution in [0.2, 0.25) is 5.02 Å². The molecular weight excluding hydrogens is 452 g/mol. The number of fused-ring (bicyclic) bond motifs is 2. The smallest absolute Gasteiger partial charge is 0.265 e. The van der Waals surface area contributed by atoms with Crippen LogP contribution in [-0.4, -0.2) is 11.8 Å². The van der Waals surface area contributed by atoms with Gasteiger partial charge in [-0.25, -0.2) is 0 Å². The van der Waals surface area contributed by atoms with Crippen molar-refractivity contribution in [2.75, 3.05) is 10.2 Å². The van der Waals surface area contributed by atoms with Crippen molar-refractivity contribution in [3.63, 3.8) is 0 Å². The number of amides is 2. The highest BCUT2D eigenvalue weighted by molar-refractivity contribution is 7.12. The Kier molecular flexibility index (Phi) is 5.75. The molecule has 0 spiro atoms. The minimum absolute atomic E-state index is 0.0951. The first-order valence-corrected chi connectivity index (χ1v) is 11.9. The lowest BCUT2D eigenvalue weighted by molar-refractivity contribution is 0.0984. The Hall–Kier alpha value is -3.41. The monoisotopic (exact) mass is 472 g/mol. The second kappa shape index (κ2) is 8.85. The molecule has 1 N–H and O–H groups in total. The summed E-state index contributed by atoms with van der Waals surface area (Å²) >= 11 is 7.68. The Morgan fingerprint density at radius 2 is 1.70 bits per heavy atom. The third-order valence-corrected chi connectivity index (χ3v) is 7.11. The first kappa shape index (κ1) is 21.4. The van der Waals surface area contributed by atoms with Gasteiger partial charge in [-0.15, -0.1) is 11.3 Å². The summed E-state index contributed by atoms with van der Waals surface area (Å²) in [6.07, 6.45) is 0.725. The fourth-order valence-electron chi connectivity index (χ4n) is 4.13. The van der Waals surface area contributed by atoms with Crippen molar-refractivity contribution in [2.24, 2.45) is 0 Å². The molecule has 4 aromatic rings. The first-order valence-electron chi connectivity index (χ1n) is 10.6. The molecule has 0 atom stereocenters. The number of anilines is 2. The Labute approximate surface area is 201 Å². The summed E-state index contributed by atoms with van der Waals surface area (Å²) in [5.74, 6) is -0.237. The first-order chi connectivity index (χ1) is 16.0. The molecule has 3 aromatic carbocycles. The molecule has 0 unspecified atom stereocenters. The zero-order valence-electron chi connectivity index (χ0n) is 18.0. The van der Waals surface area contributed by atoms with E-state index in [0.29, 0.717) is 27.7 Å². The van der Waals surface area contributed by atoms with Crippen LogP contribution >= 0.6 is 22.9 Å². The fourth-order valence-corrected chi connectivity index (χ4v) is 5.15. The van der Waals surface area contributed by atoms with Gasteiger partial charge in [0.25, 0.3) is 11.8 Å². The van der Waals surface area contributed by atoms with Gasteiger partial charge in [-0.2, -0.15) is 0 Å². The normalized spacial score (nSPS) is 12.5. The standard InChI is InChI=1S/C27H21ClN2O2S/c1-17-12-13-33-25(17)26(31)29-23-9-6-18(7-10-23)27(32)30-16-20-5-3-2-4-19(20)14-21-15-22(28)8-11-24(21)30/h2-13,15H,14,16H2,1H3,(H,29,31). The van der Waals surface area contributed by atoms with Crippen LogP contribution in [0.5, 0.6) is 0 Å². The molecule has 5 rings (SSSR count). The maximum Gasteiger partial charge on any atom is 0.265 e. The number of carbonyl (C=O) groups excluding carboxylic acids is 2. The van der Waals surface area contributed by atoms with Crippen LogP contribution in [0.1, 0.15) is 42.3 Å². The van der Waals surface area contributed by atoms with E-state index >= 15 is 0 Å². The summed E-state index contributed by atoms with van der Waals surface area (Å²) in [7, 11) is 0. The average molecular weight is 473 g/mol. The number of aryl methyl sites for hydroxylation is 1. The summed E-state index contributed by atoms with van der Waals surface area (Å²) in [5, 5.41) is 5.46. The molecule has 164 valence electrons. The molecule has 1 aromatic heterocycles. The van der Waals surface area contributed by atoms with Gasteiger partial charge < -0.3 is 10.2 Å². The van der Waals surface area contributed by atoms with Crippen LogP contribution in [0.25, 0.3) is 0 Å². The number of nitrogens with zero attached hydrogens (tertiary/aromatic N) is 1. The van der Waals surface area contributed by atoms with Crippen LogP contribution in [0.4, 0.5) is 11.4 Å². The Balaban J connectivity index is 1.43. The molecule has 0 fully saturated rings. The molecule has 2 amide bonds. The predicted octanol–water partition coefficient (Wildman–Crippen LogP) is 6.71. The van der Waals surface area contributed by atoms with E-state index in [1.165, 1.54) is 16.9 Å². The number of carbonyl (C=O) groups is 2. The highest BCUT2D eigenvalue weighted by Gasteiger charge is 2.25. The zero-order chi connectivity index (χ0) is 22.9. The van der Waals surface area contributed by atoms with Crippen molar-refractivity contribution in [3.8, 4) is 0 Å². The van der Waals surface area contributed by atoms with Crippen LogP contribution in [0, 0.1) is 6.92 Å². The number of halogens is 1. The third-order valence-electron chi connectivity index (χ3n) is 5.86. The average Bonchev–Trinajstić information content (AvgIpc) is 3.17. The van der Waals surface area contributed by atoms with E-state index in [4.69, 9.17) is 11.6 Å². The van der Waals surface area contributed by atoms with Crippen LogP contribution in [0.3, 0.4) is 0 Å². The second-order valence-corrected chi connectivity index (χ2v) is 9.43. The number of rotatable bonds is 3. The molecule has 0 saturated carbocycles. The van der Waals surface area contributed by atoms with E-state index in [-0.39, 0.29) is 11.8 Å². The van der Waals surface area contributed by atoms with Crippen LogP contribution in [0.15, 0.2) is 78.2 Å². The zero-order valence-corrected chi connectivity index (χ0v) is 19.5. The molecule has 0 aliphatic carbocycles. The number of hydrogen-bond donors (Lipinski definition) is 1. The highest BCUT2D eigenvalue weighted by Crippen LogP contribution is 2.33. The third kappa shape index (κ3) is 4.30. The topological polar surface area (TPSA) is 49.4 Å². The summed E-state index contributed by atoms with van der Waals surface area (Å²) < 4.78 is 0. The van der Waals surface area contributed by atoms with E-state index in [2.05, 4.69) is 17.4 Å². The van der Waals surface area contributed by atoms with Crippen LogP contribution < -0.4 is 10.2 Å². The minimum Gasteiger partial charge on any atom is -0.321 e. The van der Waals surface area contributed by atoms with Gasteiger partial charge in [0.2, 0.25) is 0 Å². The van der Waals surface area contributed by atoms with E-state index in [1.807, 2.05) is 48.7 Å². The minimum atomic E-state index is -0.142. The van der Waals surface area contributed by atoms with Crippen LogP contribution in [-0.2, 0) is 13.0 Å². The number of nitrogens with one attached hydrogen (secondary N) is 1. The molecule has 1 aliphatic heterocycles. The molecule has 0 bridgehead atoms. The lowest BCUT2D eigenvalue weighted by atomic mass is 10.0. The largest absolute Gasteiger partial charge is 0.321 e. The maximum atomic E-state index is 13.6. The molecule has 33 heavy (non-hydrogen) atoms. The molecular formula is C27H21ClN2O2S. The van der Waals surface area contributed by atoms with E-state index in [1.54, 1.807) is 29.2 Å². The van der Waals surface area contributed by atoms with E-state index in [0.717, 1.165) is 28.8 Å². The van der Waals surface area contributed by atoms with Gasteiger partial charge in [-0.1, -0.05) is 35.9 Å². The quantitative estimate of drug-likeness (QED) is 0.360. The highest BCUT2D eigenvalue weighted by atomic mass is 35.5. The van der Waals surface area contributed by atoms with Crippen molar-refractivity contribution in [1.29, 1.82) is 0 Å². The molecule has 6 heteroatoms. The van der Waals surface area contributed by atoms with Crippen molar-refractivity contribution < 1.29 is 9.59 Å². The predicted molar refractivity (Wildman–Crippen MR) is 135 cm³/mol. The van der Waals surface area contributed by atoms with Gasteiger partial charge in [0, 0.05) is 22.0 Å². The Morgan fingerprint density at radius 1 is 0.939 bits per heavy atom. The lowest BCUT2D eigenvalue weighted by Crippen LogP contribution is -2.30. The number of benzene rings is 3. The number of hydrogen-bond acceptors (Lipinski definition) is 3. The number of thiophene rings is 1. The van der Waals surface area contributed by atoms with Gasteiger partial charge in [0.05, 0.1) is 11.4 Å². The van der Waals surface area contributed by atoms with Crippen molar-refractivity contribution in [3.05, 3.63) is 116 Å². The van der Waals surface area contributed by atoms with Gasteiger partial charge in [0.1, 0.15) is 0 Å². The summed E-state index contributed by atoms with van der Waals surface area (Å²) in [4.78, 5) is 28.6.